The Hall–Kier alpha value is -2.50. The summed E-state index contributed by atoms with van der Waals surface area (Å²) in [7, 11) is 0. The number of carbonyl (C=O) groups is 1. The first-order valence-corrected chi connectivity index (χ1v) is 7.01. The van der Waals surface area contributed by atoms with Crippen LogP contribution in [-0.2, 0) is 13.1 Å². The van der Waals surface area contributed by atoms with Crippen molar-refractivity contribution in [3.63, 3.8) is 0 Å². The molecule has 1 aromatic heterocycles. The molecule has 0 radical (unpaired) electrons. The highest BCUT2D eigenvalue weighted by Crippen LogP contribution is 2.27. The van der Waals surface area contributed by atoms with E-state index in [1.54, 1.807) is 29.3 Å². The van der Waals surface area contributed by atoms with Gasteiger partial charge in [0.05, 0.1) is 13.2 Å². The first kappa shape index (κ1) is 13.5. The standard InChI is InChI=1S/C15H18N4O2/c1-2-21-12-5-3-4-11(16)14(12)15(20)19-9-8-18-7-6-17-13(18)10-19/h3-7H,2,8-10,16H2,1H3. The number of anilines is 1. The molecule has 110 valence electrons. The van der Waals surface area contributed by atoms with E-state index in [0.29, 0.717) is 36.7 Å². The lowest BCUT2D eigenvalue weighted by atomic mass is 10.1. The van der Waals surface area contributed by atoms with Crippen LogP contribution in [0.25, 0.3) is 0 Å². The zero-order valence-electron chi connectivity index (χ0n) is 12.0. The molecule has 21 heavy (non-hydrogen) atoms. The number of nitrogens with zero attached hydrogens (tertiary/aromatic N) is 3. The number of fused-ring (bicyclic) bond motifs is 1. The van der Waals surface area contributed by atoms with Crippen molar-refractivity contribution in [2.45, 2.75) is 20.0 Å². The van der Waals surface area contributed by atoms with Crippen LogP contribution in [0.5, 0.6) is 5.75 Å². The third-order valence-corrected chi connectivity index (χ3v) is 3.60. The van der Waals surface area contributed by atoms with Gasteiger partial charge >= 0.3 is 0 Å². The minimum absolute atomic E-state index is 0.106. The number of amides is 1. The van der Waals surface area contributed by atoms with E-state index in [-0.39, 0.29) is 5.91 Å². The Kier molecular flexibility index (Phi) is 3.51. The molecule has 1 aliphatic rings. The molecule has 0 spiro atoms. The fourth-order valence-corrected chi connectivity index (χ4v) is 2.56. The average molecular weight is 286 g/mol. The molecule has 3 rings (SSSR count). The van der Waals surface area contributed by atoms with Crippen molar-refractivity contribution >= 4 is 11.6 Å². The number of rotatable bonds is 3. The van der Waals surface area contributed by atoms with E-state index in [1.807, 2.05) is 13.1 Å². The van der Waals surface area contributed by atoms with Gasteiger partial charge in [0.25, 0.3) is 5.91 Å². The maximum absolute atomic E-state index is 12.8. The van der Waals surface area contributed by atoms with E-state index in [1.165, 1.54) is 0 Å². The Balaban J connectivity index is 1.89. The summed E-state index contributed by atoms with van der Waals surface area (Å²) in [6, 6.07) is 5.29. The van der Waals surface area contributed by atoms with Crippen LogP contribution in [0.15, 0.2) is 30.6 Å². The molecule has 1 aromatic carbocycles. The van der Waals surface area contributed by atoms with Crippen LogP contribution < -0.4 is 10.5 Å². The normalized spacial score (nSPS) is 13.9. The Bertz CT molecular complexity index is 665. The van der Waals surface area contributed by atoms with Gasteiger partial charge < -0.3 is 19.9 Å². The van der Waals surface area contributed by atoms with Crippen molar-refractivity contribution in [1.29, 1.82) is 0 Å². The molecule has 2 N–H and O–H groups in total. The molecule has 1 amide bonds. The van der Waals surface area contributed by atoms with Crippen LogP contribution in [0.3, 0.4) is 0 Å². The molecule has 6 nitrogen and oxygen atoms in total. The lowest BCUT2D eigenvalue weighted by molar-refractivity contribution is 0.0704. The number of benzene rings is 1. The number of hydrogen-bond donors (Lipinski definition) is 1. The topological polar surface area (TPSA) is 73.4 Å². The largest absolute Gasteiger partial charge is 0.493 e. The second-order valence-electron chi connectivity index (χ2n) is 4.92. The number of hydrogen-bond acceptors (Lipinski definition) is 4. The quantitative estimate of drug-likeness (QED) is 0.868. The van der Waals surface area contributed by atoms with Gasteiger partial charge in [0, 0.05) is 31.2 Å². The highest BCUT2D eigenvalue weighted by Gasteiger charge is 2.26. The van der Waals surface area contributed by atoms with Crippen LogP contribution in [0.4, 0.5) is 5.69 Å². The van der Waals surface area contributed by atoms with Gasteiger partial charge in [0.2, 0.25) is 0 Å². The Labute approximate surface area is 123 Å². The van der Waals surface area contributed by atoms with Gasteiger partial charge in [0.15, 0.2) is 0 Å². The Morgan fingerprint density at radius 1 is 1.43 bits per heavy atom. The summed E-state index contributed by atoms with van der Waals surface area (Å²) in [5, 5.41) is 0. The van der Waals surface area contributed by atoms with E-state index < -0.39 is 0 Å². The second kappa shape index (κ2) is 5.47. The van der Waals surface area contributed by atoms with Crippen molar-refractivity contribution in [2.75, 3.05) is 18.9 Å². The van der Waals surface area contributed by atoms with Gasteiger partial charge in [-0.2, -0.15) is 0 Å². The second-order valence-corrected chi connectivity index (χ2v) is 4.92. The molecular weight excluding hydrogens is 268 g/mol. The van der Waals surface area contributed by atoms with Gasteiger partial charge in [0.1, 0.15) is 17.1 Å². The Morgan fingerprint density at radius 3 is 3.10 bits per heavy atom. The maximum atomic E-state index is 12.8. The fourth-order valence-electron chi connectivity index (χ4n) is 2.56. The third kappa shape index (κ3) is 2.44. The molecule has 0 fully saturated rings. The molecule has 2 aromatic rings. The summed E-state index contributed by atoms with van der Waals surface area (Å²) in [6.07, 6.45) is 3.69. The van der Waals surface area contributed by atoms with E-state index in [4.69, 9.17) is 10.5 Å². The van der Waals surface area contributed by atoms with Crippen molar-refractivity contribution < 1.29 is 9.53 Å². The van der Waals surface area contributed by atoms with Crippen LogP contribution in [0, 0.1) is 0 Å². The third-order valence-electron chi connectivity index (χ3n) is 3.60. The zero-order chi connectivity index (χ0) is 14.8. The number of nitrogens with two attached hydrogens (primary N) is 1. The summed E-state index contributed by atoms with van der Waals surface area (Å²) < 4.78 is 7.59. The number of nitrogen functional groups attached to an aromatic ring is 1. The van der Waals surface area contributed by atoms with Gasteiger partial charge in [-0.3, -0.25) is 4.79 Å². The first-order chi connectivity index (χ1) is 10.2. The molecule has 0 saturated carbocycles. The van der Waals surface area contributed by atoms with Crippen molar-refractivity contribution in [1.82, 2.24) is 14.5 Å². The van der Waals surface area contributed by atoms with Crippen molar-refractivity contribution in [3.05, 3.63) is 42.0 Å². The fraction of sp³-hybridized carbons (Fsp3) is 0.333. The maximum Gasteiger partial charge on any atom is 0.260 e. The minimum atomic E-state index is -0.106. The predicted octanol–water partition coefficient (Wildman–Crippen LogP) is 1.52. The van der Waals surface area contributed by atoms with E-state index in [9.17, 15) is 4.79 Å². The SMILES string of the molecule is CCOc1cccc(N)c1C(=O)N1CCn2ccnc2C1. The van der Waals surface area contributed by atoms with E-state index >= 15 is 0 Å². The van der Waals surface area contributed by atoms with Gasteiger partial charge in [-0.15, -0.1) is 0 Å². The van der Waals surface area contributed by atoms with Crippen molar-refractivity contribution in [2.24, 2.45) is 0 Å². The Morgan fingerprint density at radius 2 is 2.29 bits per heavy atom. The van der Waals surface area contributed by atoms with Gasteiger partial charge in [-0.1, -0.05) is 6.07 Å². The number of imidazole rings is 1. The molecule has 0 bridgehead atoms. The van der Waals surface area contributed by atoms with Crippen LogP contribution in [0.1, 0.15) is 23.1 Å². The summed E-state index contributed by atoms with van der Waals surface area (Å²) in [4.78, 5) is 18.8. The molecular formula is C15H18N4O2. The molecule has 0 unspecified atom stereocenters. The predicted molar refractivity (Wildman–Crippen MR) is 79.0 cm³/mol. The monoisotopic (exact) mass is 286 g/mol. The van der Waals surface area contributed by atoms with Crippen LogP contribution in [-0.4, -0.2) is 33.5 Å². The van der Waals surface area contributed by atoms with Crippen molar-refractivity contribution in [3.8, 4) is 5.75 Å². The summed E-state index contributed by atoms with van der Waals surface area (Å²) in [5.41, 5.74) is 6.87. The molecule has 1 aliphatic heterocycles. The smallest absolute Gasteiger partial charge is 0.260 e. The lowest BCUT2D eigenvalue weighted by Crippen LogP contribution is -2.38. The van der Waals surface area contributed by atoms with E-state index in [0.717, 1.165) is 12.4 Å². The minimum Gasteiger partial charge on any atom is -0.493 e. The first-order valence-electron chi connectivity index (χ1n) is 7.01. The number of carbonyl (C=O) groups excluding carboxylic acids is 1. The van der Waals surface area contributed by atoms with Crippen LogP contribution >= 0.6 is 0 Å². The summed E-state index contributed by atoms with van der Waals surface area (Å²) >= 11 is 0. The average Bonchev–Trinajstić information content (AvgIpc) is 2.94. The van der Waals surface area contributed by atoms with Gasteiger partial charge in [-0.25, -0.2) is 4.98 Å². The molecule has 2 heterocycles. The van der Waals surface area contributed by atoms with Crippen LogP contribution in [0.2, 0.25) is 0 Å². The number of ether oxygens (including phenoxy) is 1. The van der Waals surface area contributed by atoms with E-state index in [2.05, 4.69) is 9.55 Å². The highest BCUT2D eigenvalue weighted by atomic mass is 16.5. The molecule has 6 heteroatoms. The van der Waals surface area contributed by atoms with Gasteiger partial charge in [-0.05, 0) is 19.1 Å². The molecule has 0 saturated heterocycles. The lowest BCUT2D eigenvalue weighted by Gasteiger charge is -2.28. The molecule has 0 atom stereocenters. The molecule has 0 aliphatic carbocycles. The highest BCUT2D eigenvalue weighted by molar-refractivity contribution is 6.01. The summed E-state index contributed by atoms with van der Waals surface area (Å²) in [5.74, 6) is 1.32. The zero-order valence-corrected chi connectivity index (χ0v) is 12.0. The summed E-state index contributed by atoms with van der Waals surface area (Å²) in [6.45, 7) is 4.26. The number of aromatic nitrogens is 2.